The molecule has 2 aromatic carbocycles. The van der Waals surface area contributed by atoms with Crippen LogP contribution in [-0.4, -0.2) is 53.3 Å². The van der Waals surface area contributed by atoms with Gasteiger partial charge in [0.05, 0.1) is 40.1 Å². The van der Waals surface area contributed by atoms with Gasteiger partial charge in [0.25, 0.3) is 5.91 Å². The third-order valence-corrected chi connectivity index (χ3v) is 8.70. The molecular formula is C30H23Cl3F4N4O5. The van der Waals surface area contributed by atoms with Gasteiger partial charge in [-0.3, -0.25) is 9.59 Å². The Balaban J connectivity index is 1.62. The Morgan fingerprint density at radius 2 is 1.74 bits per heavy atom. The zero-order chi connectivity index (χ0) is 33.9. The largest absolute Gasteiger partial charge is 0.494 e. The van der Waals surface area contributed by atoms with Gasteiger partial charge >= 0.3 is 6.18 Å². The maximum absolute atomic E-state index is 14.8. The summed E-state index contributed by atoms with van der Waals surface area (Å²) < 4.78 is 69.5. The molecule has 2 aromatic heterocycles. The second-order valence-electron chi connectivity index (χ2n) is 10.8. The van der Waals surface area contributed by atoms with Crippen molar-refractivity contribution in [3.63, 3.8) is 0 Å². The van der Waals surface area contributed by atoms with Gasteiger partial charge in [-0.25, -0.2) is 14.4 Å². The van der Waals surface area contributed by atoms with Crippen molar-refractivity contribution in [3.8, 4) is 22.8 Å². The first-order valence-corrected chi connectivity index (χ1v) is 14.4. The number of nitrogens with two attached hydrogens (primary N) is 1. The van der Waals surface area contributed by atoms with Gasteiger partial charge in [0.15, 0.2) is 5.82 Å². The molecule has 4 aromatic rings. The van der Waals surface area contributed by atoms with Gasteiger partial charge in [-0.2, -0.15) is 13.2 Å². The molecule has 46 heavy (non-hydrogen) atoms. The van der Waals surface area contributed by atoms with Gasteiger partial charge in [0.1, 0.15) is 34.7 Å². The van der Waals surface area contributed by atoms with E-state index < -0.39 is 57.1 Å². The molecule has 0 radical (unpaired) electrons. The van der Waals surface area contributed by atoms with Crippen LogP contribution in [0.3, 0.4) is 0 Å². The predicted octanol–water partition coefficient (Wildman–Crippen LogP) is 6.03. The number of aromatic nitrogens is 2. The van der Waals surface area contributed by atoms with Crippen LogP contribution in [0.25, 0.3) is 22.2 Å². The van der Waals surface area contributed by atoms with E-state index in [0.717, 1.165) is 18.2 Å². The first-order valence-electron chi connectivity index (χ1n) is 13.3. The number of amides is 2. The molecule has 1 aliphatic heterocycles. The fourth-order valence-corrected chi connectivity index (χ4v) is 5.59. The number of fused-ring (bicyclic) bond motifs is 2. The van der Waals surface area contributed by atoms with Crippen LogP contribution in [0.4, 0.5) is 17.6 Å². The number of benzene rings is 2. The highest BCUT2D eigenvalue weighted by molar-refractivity contribution is 6.35. The first-order chi connectivity index (χ1) is 21.4. The monoisotopic (exact) mass is 700 g/mol. The fourth-order valence-electron chi connectivity index (χ4n) is 4.94. The molecule has 9 nitrogen and oxygen atoms in total. The molecule has 0 saturated heterocycles. The SMILES string of the molecule is COc1cc(C(=O)NC[C@](O)(c2cc3c(c(-c4cc(Cl)c(F)c(Cl)c4)n2)OC[C@]3(C)C(N)=O)C(F)(F)F)cc2cc(Cl)c(C)nc12. The fraction of sp³-hybridized carbons (Fsp3) is 0.267. The minimum absolute atomic E-state index is 0.0810. The van der Waals surface area contributed by atoms with E-state index in [2.05, 4.69) is 15.3 Å². The van der Waals surface area contributed by atoms with Crippen molar-refractivity contribution in [1.29, 1.82) is 0 Å². The van der Waals surface area contributed by atoms with Crippen molar-refractivity contribution in [2.75, 3.05) is 20.3 Å². The smallest absolute Gasteiger partial charge is 0.424 e. The van der Waals surface area contributed by atoms with Crippen LogP contribution in [0.15, 0.2) is 36.4 Å². The number of carbonyl (C=O) groups excluding carboxylic acids is 2. The maximum atomic E-state index is 14.8. The van der Waals surface area contributed by atoms with E-state index in [1.54, 1.807) is 6.92 Å². The average molecular weight is 702 g/mol. The van der Waals surface area contributed by atoms with Crippen LogP contribution in [-0.2, 0) is 15.8 Å². The molecule has 2 atom stereocenters. The number of alkyl halides is 3. The lowest BCUT2D eigenvalue weighted by molar-refractivity contribution is -0.265. The summed E-state index contributed by atoms with van der Waals surface area (Å²) >= 11 is 18.1. The van der Waals surface area contributed by atoms with Crippen LogP contribution in [0.1, 0.15) is 34.2 Å². The van der Waals surface area contributed by atoms with E-state index in [1.165, 1.54) is 32.2 Å². The highest BCUT2D eigenvalue weighted by Gasteiger charge is 2.57. The number of nitrogens with one attached hydrogen (secondary N) is 1. The number of pyridine rings is 2. The van der Waals surface area contributed by atoms with Crippen LogP contribution < -0.4 is 20.5 Å². The second kappa shape index (κ2) is 11.7. The average Bonchev–Trinajstić information content (AvgIpc) is 3.35. The van der Waals surface area contributed by atoms with Gasteiger partial charge in [-0.1, -0.05) is 34.8 Å². The molecular weight excluding hydrogens is 679 g/mol. The second-order valence-corrected chi connectivity index (χ2v) is 12.0. The number of hydrogen-bond donors (Lipinski definition) is 3. The molecule has 4 N–H and O–H groups in total. The Labute approximate surface area is 273 Å². The number of methoxy groups -OCH3 is 1. The van der Waals surface area contributed by atoms with E-state index >= 15 is 0 Å². The van der Waals surface area contributed by atoms with E-state index in [4.69, 9.17) is 50.0 Å². The van der Waals surface area contributed by atoms with Crippen molar-refractivity contribution in [3.05, 3.63) is 79.8 Å². The molecule has 5 rings (SSSR count). The Bertz CT molecular complexity index is 1920. The molecule has 2 amide bonds. The summed E-state index contributed by atoms with van der Waals surface area (Å²) in [7, 11) is 1.33. The van der Waals surface area contributed by atoms with E-state index in [1.807, 2.05) is 0 Å². The third kappa shape index (κ3) is 5.55. The molecule has 1 aliphatic rings. The van der Waals surface area contributed by atoms with E-state index in [0.29, 0.717) is 16.6 Å². The lowest BCUT2D eigenvalue weighted by Crippen LogP contribution is -2.51. The first kappa shape index (κ1) is 33.5. The van der Waals surface area contributed by atoms with Gasteiger partial charge in [0.2, 0.25) is 11.5 Å². The molecule has 242 valence electrons. The lowest BCUT2D eigenvalue weighted by Gasteiger charge is -2.31. The van der Waals surface area contributed by atoms with Crippen LogP contribution in [0.2, 0.25) is 15.1 Å². The topological polar surface area (TPSA) is 137 Å². The molecule has 0 spiro atoms. The van der Waals surface area contributed by atoms with Gasteiger partial charge in [-0.05, 0) is 50.2 Å². The third-order valence-electron chi connectivity index (χ3n) is 7.77. The number of nitrogens with zero attached hydrogens (tertiary/aromatic N) is 2. The van der Waals surface area contributed by atoms with Crippen LogP contribution >= 0.6 is 34.8 Å². The molecule has 0 saturated carbocycles. The number of halogens is 7. The van der Waals surface area contributed by atoms with Gasteiger partial charge in [0, 0.05) is 22.1 Å². The number of rotatable bonds is 7. The van der Waals surface area contributed by atoms with Crippen molar-refractivity contribution in [2.45, 2.75) is 31.0 Å². The van der Waals surface area contributed by atoms with Crippen molar-refractivity contribution >= 4 is 57.5 Å². The van der Waals surface area contributed by atoms with Crippen LogP contribution in [0, 0.1) is 12.7 Å². The summed E-state index contributed by atoms with van der Waals surface area (Å²) in [5, 5.41) is 13.1. The highest BCUT2D eigenvalue weighted by Crippen LogP contribution is 2.48. The molecule has 0 fully saturated rings. The maximum Gasteiger partial charge on any atom is 0.424 e. The highest BCUT2D eigenvalue weighted by atomic mass is 35.5. The molecule has 0 bridgehead atoms. The van der Waals surface area contributed by atoms with E-state index in [9.17, 15) is 32.3 Å². The summed E-state index contributed by atoms with van der Waals surface area (Å²) in [4.78, 5) is 34.1. The molecule has 0 aliphatic carbocycles. The van der Waals surface area contributed by atoms with Crippen molar-refractivity contribution in [2.24, 2.45) is 5.73 Å². The Kier molecular flexibility index (Phi) is 8.52. The van der Waals surface area contributed by atoms with E-state index in [-0.39, 0.29) is 45.5 Å². The summed E-state index contributed by atoms with van der Waals surface area (Å²) in [5.74, 6) is -2.94. The van der Waals surface area contributed by atoms with Crippen LogP contribution in [0.5, 0.6) is 11.5 Å². The summed E-state index contributed by atoms with van der Waals surface area (Å²) in [6, 6.07) is 7.06. The minimum atomic E-state index is -5.44. The Hall–Kier alpha value is -3.91. The minimum Gasteiger partial charge on any atom is -0.494 e. The summed E-state index contributed by atoms with van der Waals surface area (Å²) in [6.07, 6.45) is -5.44. The zero-order valence-electron chi connectivity index (χ0n) is 24.1. The number of primary amides is 1. The summed E-state index contributed by atoms with van der Waals surface area (Å²) in [6.45, 7) is 1.20. The van der Waals surface area contributed by atoms with Crippen molar-refractivity contribution < 1.29 is 41.7 Å². The summed E-state index contributed by atoms with van der Waals surface area (Å²) in [5.41, 5.74) is -0.729. The molecule has 3 heterocycles. The lowest BCUT2D eigenvalue weighted by atomic mass is 9.81. The Morgan fingerprint density at radius 3 is 2.33 bits per heavy atom. The number of ether oxygens (including phenoxy) is 2. The number of aliphatic hydroxyl groups is 1. The molecule has 16 heteroatoms. The predicted molar refractivity (Wildman–Crippen MR) is 162 cm³/mol. The molecule has 0 unspecified atom stereocenters. The van der Waals surface area contributed by atoms with Gasteiger partial charge < -0.3 is 25.6 Å². The number of carbonyl (C=O) groups is 2. The van der Waals surface area contributed by atoms with Crippen molar-refractivity contribution in [1.82, 2.24) is 15.3 Å². The normalized spacial score (nSPS) is 17.3. The number of hydrogen-bond acceptors (Lipinski definition) is 7. The van der Waals surface area contributed by atoms with Gasteiger partial charge in [-0.15, -0.1) is 0 Å². The number of aryl methyl sites for hydroxylation is 1. The Morgan fingerprint density at radius 1 is 1.09 bits per heavy atom. The standard InChI is InChI=1S/C30H23Cl3F4N4O5/c1-12-17(31)5-13-4-15(8-20(45-3)23(13)40-12)26(42)39-10-29(44,30(35,36)37)21-9-16-25(46-11-28(16,2)27(38)43)24(41-21)14-6-18(32)22(34)19(33)7-14/h4-9,44H,10-11H2,1-3H3,(H2,38,43)(H,39,42)/t28-,29-/m0/s1. The zero-order valence-corrected chi connectivity index (χ0v) is 26.3. The quantitative estimate of drug-likeness (QED) is 0.158.